The smallest absolute Gasteiger partial charge is 0.428 e. The fraction of sp³-hybridized carbons (Fsp3) is 0.529. The Kier molecular flexibility index (Phi) is 6.89. The van der Waals surface area contributed by atoms with E-state index >= 15 is 0 Å². The molecule has 0 bridgehead atoms. The molecule has 0 atom stereocenters. The number of nitrogens with one attached hydrogen (secondary N) is 1. The van der Waals surface area contributed by atoms with E-state index in [-0.39, 0.29) is 0 Å². The van der Waals surface area contributed by atoms with Crippen LogP contribution in [-0.2, 0) is 4.74 Å². The molecule has 0 aliphatic rings. The van der Waals surface area contributed by atoms with Gasteiger partial charge in [0.05, 0.1) is 12.8 Å². The lowest BCUT2D eigenvalue weighted by Crippen LogP contribution is -2.29. The molecule has 22 heavy (non-hydrogen) atoms. The van der Waals surface area contributed by atoms with Gasteiger partial charge in [0.25, 0.3) is 0 Å². The van der Waals surface area contributed by atoms with Crippen LogP contribution in [-0.4, -0.2) is 24.5 Å². The van der Waals surface area contributed by atoms with Gasteiger partial charge in [-0.05, 0) is 62.9 Å². The van der Waals surface area contributed by atoms with Gasteiger partial charge in [-0.2, -0.15) is 5.10 Å². The lowest BCUT2D eigenvalue weighted by molar-refractivity contribution is 0.0529. The standard InChI is InChI=1S/C17H26N2O3/c1-13(2)10-11-21-15-8-6-14(7-9-15)12-18-19-16(20)22-17(3,4)5/h6-9,12-13H,10-11H2,1-5H3,(H,19,20)/b18-12-. The van der Waals surface area contributed by atoms with Crippen molar-refractivity contribution in [3.05, 3.63) is 29.8 Å². The molecule has 1 N–H and O–H groups in total. The zero-order chi connectivity index (χ0) is 16.6. The van der Waals surface area contributed by atoms with Gasteiger partial charge < -0.3 is 9.47 Å². The Labute approximate surface area is 132 Å². The second-order valence-electron chi connectivity index (χ2n) is 6.47. The maximum absolute atomic E-state index is 11.4. The van der Waals surface area contributed by atoms with Gasteiger partial charge in [0.1, 0.15) is 11.4 Å². The minimum absolute atomic E-state index is 0.533. The van der Waals surface area contributed by atoms with Crippen LogP contribution in [0.4, 0.5) is 4.79 Å². The minimum Gasteiger partial charge on any atom is -0.494 e. The summed E-state index contributed by atoms with van der Waals surface area (Å²) in [6, 6.07) is 7.53. The third-order valence-corrected chi connectivity index (χ3v) is 2.61. The molecule has 0 saturated heterocycles. The first-order chi connectivity index (χ1) is 10.3. The number of carbonyl (C=O) groups excluding carboxylic acids is 1. The molecule has 1 aromatic carbocycles. The molecule has 0 unspecified atom stereocenters. The first kappa shape index (κ1) is 18.0. The molecule has 1 amide bonds. The first-order valence-electron chi connectivity index (χ1n) is 7.51. The highest BCUT2D eigenvalue weighted by molar-refractivity contribution is 5.81. The maximum atomic E-state index is 11.4. The van der Waals surface area contributed by atoms with E-state index in [1.807, 2.05) is 24.3 Å². The summed E-state index contributed by atoms with van der Waals surface area (Å²) in [5.41, 5.74) is 2.66. The summed E-state index contributed by atoms with van der Waals surface area (Å²) in [6.45, 7) is 10.4. The van der Waals surface area contributed by atoms with Crippen molar-refractivity contribution in [3.8, 4) is 5.75 Å². The summed E-state index contributed by atoms with van der Waals surface area (Å²) in [7, 11) is 0. The third kappa shape index (κ3) is 8.29. The number of carbonyl (C=O) groups is 1. The van der Waals surface area contributed by atoms with Crippen LogP contribution in [0.5, 0.6) is 5.75 Å². The second-order valence-corrected chi connectivity index (χ2v) is 6.47. The van der Waals surface area contributed by atoms with Crippen molar-refractivity contribution in [1.29, 1.82) is 0 Å². The zero-order valence-corrected chi connectivity index (χ0v) is 14.1. The van der Waals surface area contributed by atoms with E-state index in [1.54, 1.807) is 27.0 Å². The SMILES string of the molecule is CC(C)CCOc1ccc(/C=N\NC(=O)OC(C)(C)C)cc1. The van der Waals surface area contributed by atoms with E-state index in [9.17, 15) is 4.79 Å². The Balaban J connectivity index is 2.40. The highest BCUT2D eigenvalue weighted by Crippen LogP contribution is 2.12. The Morgan fingerprint density at radius 3 is 2.45 bits per heavy atom. The van der Waals surface area contributed by atoms with Crippen molar-refractivity contribution in [3.63, 3.8) is 0 Å². The summed E-state index contributed by atoms with van der Waals surface area (Å²) in [6.07, 6.45) is 2.02. The lowest BCUT2D eigenvalue weighted by atomic mass is 10.1. The predicted octanol–water partition coefficient (Wildman–Crippen LogP) is 3.97. The summed E-state index contributed by atoms with van der Waals surface area (Å²) >= 11 is 0. The van der Waals surface area contributed by atoms with Crippen molar-refractivity contribution < 1.29 is 14.3 Å². The van der Waals surface area contributed by atoms with Crippen LogP contribution in [0.15, 0.2) is 29.4 Å². The highest BCUT2D eigenvalue weighted by Gasteiger charge is 2.15. The minimum atomic E-state index is -0.572. The average Bonchev–Trinajstić information content (AvgIpc) is 2.38. The van der Waals surface area contributed by atoms with Crippen LogP contribution < -0.4 is 10.2 Å². The van der Waals surface area contributed by atoms with Gasteiger partial charge in [-0.1, -0.05) is 13.8 Å². The molecule has 0 aliphatic carbocycles. The molecular weight excluding hydrogens is 280 g/mol. The van der Waals surface area contributed by atoms with Crippen LogP contribution in [0.3, 0.4) is 0 Å². The maximum Gasteiger partial charge on any atom is 0.428 e. The summed E-state index contributed by atoms with van der Waals surface area (Å²) in [4.78, 5) is 11.4. The largest absolute Gasteiger partial charge is 0.494 e. The topological polar surface area (TPSA) is 59.9 Å². The van der Waals surface area contributed by atoms with Crippen molar-refractivity contribution in [2.75, 3.05) is 6.61 Å². The normalized spacial score (nSPS) is 11.7. The number of nitrogens with zero attached hydrogens (tertiary/aromatic N) is 1. The van der Waals surface area contributed by atoms with E-state index < -0.39 is 11.7 Å². The van der Waals surface area contributed by atoms with Gasteiger partial charge in [-0.25, -0.2) is 10.2 Å². The summed E-state index contributed by atoms with van der Waals surface area (Å²) < 4.78 is 10.7. The van der Waals surface area contributed by atoms with Gasteiger partial charge in [0.2, 0.25) is 0 Å². The van der Waals surface area contributed by atoms with Gasteiger partial charge in [0.15, 0.2) is 0 Å². The van der Waals surface area contributed by atoms with Crippen LogP contribution in [0.2, 0.25) is 0 Å². The Hall–Kier alpha value is -2.04. The van der Waals surface area contributed by atoms with Crippen LogP contribution in [0.1, 0.15) is 46.6 Å². The number of rotatable bonds is 6. The van der Waals surface area contributed by atoms with Gasteiger partial charge >= 0.3 is 6.09 Å². The monoisotopic (exact) mass is 306 g/mol. The molecule has 5 nitrogen and oxygen atoms in total. The fourth-order valence-electron chi connectivity index (χ4n) is 1.52. The quantitative estimate of drug-likeness (QED) is 0.639. The van der Waals surface area contributed by atoms with E-state index in [2.05, 4.69) is 24.4 Å². The van der Waals surface area contributed by atoms with Gasteiger partial charge in [-0.3, -0.25) is 0 Å². The number of hydrogen-bond donors (Lipinski definition) is 1. The molecule has 0 saturated carbocycles. The molecule has 0 fully saturated rings. The number of ether oxygens (including phenoxy) is 2. The predicted molar refractivity (Wildman–Crippen MR) is 88.4 cm³/mol. The molecule has 122 valence electrons. The van der Waals surface area contributed by atoms with Crippen LogP contribution in [0, 0.1) is 5.92 Å². The number of benzene rings is 1. The van der Waals surface area contributed by atoms with Crippen molar-refractivity contribution in [1.82, 2.24) is 5.43 Å². The van der Waals surface area contributed by atoms with Crippen molar-refractivity contribution in [2.45, 2.75) is 46.6 Å². The van der Waals surface area contributed by atoms with Crippen LogP contribution >= 0.6 is 0 Å². The first-order valence-corrected chi connectivity index (χ1v) is 7.51. The van der Waals surface area contributed by atoms with E-state index in [1.165, 1.54) is 0 Å². The molecule has 5 heteroatoms. The molecule has 0 aromatic heterocycles. The van der Waals surface area contributed by atoms with Crippen LogP contribution in [0.25, 0.3) is 0 Å². The lowest BCUT2D eigenvalue weighted by Gasteiger charge is -2.18. The van der Waals surface area contributed by atoms with Crippen molar-refractivity contribution in [2.24, 2.45) is 11.0 Å². The van der Waals surface area contributed by atoms with Gasteiger partial charge in [-0.15, -0.1) is 0 Å². The average molecular weight is 306 g/mol. The summed E-state index contributed by atoms with van der Waals surface area (Å²) in [5, 5.41) is 3.85. The second kappa shape index (κ2) is 8.41. The van der Waals surface area contributed by atoms with E-state index in [0.717, 1.165) is 17.7 Å². The van der Waals surface area contributed by atoms with E-state index in [0.29, 0.717) is 12.5 Å². The molecule has 1 rings (SSSR count). The van der Waals surface area contributed by atoms with E-state index in [4.69, 9.17) is 9.47 Å². The number of hydrogen-bond acceptors (Lipinski definition) is 4. The number of amides is 1. The Morgan fingerprint density at radius 1 is 1.27 bits per heavy atom. The summed E-state index contributed by atoms with van der Waals surface area (Å²) in [5.74, 6) is 1.46. The van der Waals surface area contributed by atoms with Gasteiger partial charge in [0, 0.05) is 0 Å². The molecular formula is C17H26N2O3. The number of hydrazone groups is 1. The molecule has 0 heterocycles. The highest BCUT2D eigenvalue weighted by atomic mass is 16.6. The molecule has 1 aromatic rings. The zero-order valence-electron chi connectivity index (χ0n) is 14.1. The Bertz CT molecular complexity index is 488. The fourth-order valence-corrected chi connectivity index (χ4v) is 1.52. The molecule has 0 radical (unpaired) electrons. The molecule has 0 aliphatic heterocycles. The third-order valence-electron chi connectivity index (χ3n) is 2.61. The molecule has 0 spiro atoms. The Morgan fingerprint density at radius 2 is 1.91 bits per heavy atom. The van der Waals surface area contributed by atoms with Crippen molar-refractivity contribution >= 4 is 12.3 Å².